The molecule has 0 spiro atoms. The average Bonchev–Trinajstić information content (AvgIpc) is 3.30. The number of ether oxygens (including phenoxy) is 1. The molecule has 0 aliphatic carbocycles. The molecule has 11 heteroatoms. The fourth-order valence-corrected chi connectivity index (χ4v) is 3.98. The van der Waals surface area contributed by atoms with Crippen molar-refractivity contribution >= 4 is 23.2 Å². The van der Waals surface area contributed by atoms with Crippen LogP contribution in [0.4, 0.5) is 24.5 Å². The number of hydrogen-bond donors (Lipinski definition) is 3. The first kappa shape index (κ1) is 25.2. The summed E-state index contributed by atoms with van der Waals surface area (Å²) in [6.45, 7) is 2.94. The molecule has 2 amide bonds. The molecule has 1 aliphatic heterocycles. The Morgan fingerprint density at radius 3 is 2.36 bits per heavy atom. The molecule has 3 aromatic rings. The largest absolute Gasteiger partial charge is 0.497 e. The van der Waals surface area contributed by atoms with Crippen molar-refractivity contribution < 1.29 is 31.9 Å². The maximum absolute atomic E-state index is 13.3. The van der Waals surface area contributed by atoms with Crippen molar-refractivity contribution in [3.8, 4) is 17.1 Å². The number of oxazole rings is 1. The summed E-state index contributed by atoms with van der Waals surface area (Å²) in [5.74, 6) is -0.421. The van der Waals surface area contributed by atoms with Gasteiger partial charge in [-0.2, -0.15) is 13.2 Å². The second-order valence-electron chi connectivity index (χ2n) is 8.41. The molecule has 1 fully saturated rings. The average molecular weight is 502 g/mol. The molecule has 4 rings (SSSR count). The number of carbonyl (C=O) groups excluding carboxylic acids is 2. The molecule has 1 saturated heterocycles. The predicted molar refractivity (Wildman–Crippen MR) is 127 cm³/mol. The number of methoxy groups -OCH3 is 1. The number of nitrogens with zero attached hydrogens (tertiary/aromatic N) is 1. The molecular weight excluding hydrogens is 477 g/mol. The van der Waals surface area contributed by atoms with Crippen molar-refractivity contribution in [3.05, 3.63) is 59.6 Å². The molecule has 2 aromatic carbocycles. The fraction of sp³-hybridized carbons (Fsp3) is 0.320. The molecule has 3 N–H and O–H groups in total. The minimum atomic E-state index is -4.62. The zero-order valence-corrected chi connectivity index (χ0v) is 19.7. The maximum atomic E-state index is 13.3. The highest BCUT2D eigenvalue weighted by atomic mass is 19.4. The van der Waals surface area contributed by atoms with Gasteiger partial charge in [-0.1, -0.05) is 0 Å². The van der Waals surface area contributed by atoms with Crippen LogP contribution in [0.3, 0.4) is 0 Å². The molecule has 190 valence electrons. The van der Waals surface area contributed by atoms with E-state index >= 15 is 0 Å². The lowest BCUT2D eigenvalue weighted by Gasteiger charge is -2.19. The van der Waals surface area contributed by atoms with Crippen molar-refractivity contribution in [2.45, 2.75) is 31.9 Å². The lowest BCUT2D eigenvalue weighted by Crippen LogP contribution is -2.26. The van der Waals surface area contributed by atoms with Crippen LogP contribution in [0.15, 0.2) is 46.9 Å². The van der Waals surface area contributed by atoms with Gasteiger partial charge < -0.3 is 25.1 Å². The second kappa shape index (κ2) is 10.4. The Hall–Kier alpha value is -3.86. The van der Waals surface area contributed by atoms with Crippen LogP contribution in [0.1, 0.15) is 47.6 Å². The van der Waals surface area contributed by atoms with E-state index < -0.39 is 17.6 Å². The number of nitrogens with one attached hydrogen (secondary N) is 3. The smallest absolute Gasteiger partial charge is 0.416 e. The molecule has 0 bridgehead atoms. The number of rotatable bonds is 6. The van der Waals surface area contributed by atoms with Crippen molar-refractivity contribution in [2.75, 3.05) is 30.8 Å². The molecule has 0 atom stereocenters. The number of benzene rings is 2. The maximum Gasteiger partial charge on any atom is 0.416 e. The zero-order valence-electron chi connectivity index (χ0n) is 19.7. The van der Waals surface area contributed by atoms with Gasteiger partial charge in [0.1, 0.15) is 5.75 Å². The molecule has 8 nitrogen and oxygen atoms in total. The number of piperidine rings is 1. The van der Waals surface area contributed by atoms with Gasteiger partial charge >= 0.3 is 6.18 Å². The Labute approximate surface area is 205 Å². The van der Waals surface area contributed by atoms with Crippen LogP contribution >= 0.6 is 0 Å². The monoisotopic (exact) mass is 502 g/mol. The van der Waals surface area contributed by atoms with E-state index in [2.05, 4.69) is 20.9 Å². The molecule has 36 heavy (non-hydrogen) atoms. The number of amides is 2. The second-order valence-corrected chi connectivity index (χ2v) is 8.41. The Morgan fingerprint density at radius 2 is 1.75 bits per heavy atom. The minimum absolute atomic E-state index is 0.00106. The number of carbonyl (C=O) groups is 2. The van der Waals surface area contributed by atoms with E-state index in [9.17, 15) is 22.8 Å². The standard InChI is InChI=1S/C25H25F3N4O4/c1-14(33)30-18-5-3-15(4-6-18)22-21(32-24(36-22)16-7-9-29-10-8-16)23(34)31-19-11-17(25(26,27)28)12-20(13-19)35-2/h3-6,11-13,16,29H,7-10H2,1-2H3,(H,30,33)(H,31,34). The predicted octanol–water partition coefficient (Wildman–Crippen LogP) is 5.05. The zero-order chi connectivity index (χ0) is 25.9. The first-order valence-corrected chi connectivity index (χ1v) is 11.3. The molecule has 1 aliphatic rings. The van der Waals surface area contributed by atoms with Gasteiger partial charge in [0.15, 0.2) is 17.3 Å². The molecule has 1 aromatic heterocycles. The third-order valence-electron chi connectivity index (χ3n) is 5.74. The molecule has 0 unspecified atom stereocenters. The summed E-state index contributed by atoms with van der Waals surface area (Å²) in [5, 5.41) is 8.42. The van der Waals surface area contributed by atoms with Crippen molar-refractivity contribution in [3.63, 3.8) is 0 Å². The van der Waals surface area contributed by atoms with Gasteiger partial charge in [-0.25, -0.2) is 4.98 Å². The third kappa shape index (κ3) is 5.85. The summed E-state index contributed by atoms with van der Waals surface area (Å²) in [6.07, 6.45) is -3.08. The Morgan fingerprint density at radius 1 is 1.06 bits per heavy atom. The van der Waals surface area contributed by atoms with Crippen molar-refractivity contribution in [1.29, 1.82) is 0 Å². The summed E-state index contributed by atoms with van der Waals surface area (Å²) in [5.41, 5.74) is -0.00585. The first-order chi connectivity index (χ1) is 17.1. The molecule has 2 heterocycles. The lowest BCUT2D eigenvalue weighted by molar-refractivity contribution is -0.137. The van der Waals surface area contributed by atoms with Crippen LogP contribution in [0.5, 0.6) is 5.75 Å². The van der Waals surface area contributed by atoms with Crippen LogP contribution in [0.25, 0.3) is 11.3 Å². The highest BCUT2D eigenvalue weighted by Crippen LogP contribution is 2.36. The third-order valence-corrected chi connectivity index (χ3v) is 5.74. The van der Waals surface area contributed by atoms with Gasteiger partial charge in [0, 0.05) is 35.8 Å². The van der Waals surface area contributed by atoms with E-state index in [1.165, 1.54) is 20.1 Å². The Balaban J connectivity index is 1.69. The normalized spacial score (nSPS) is 14.4. The quantitative estimate of drug-likeness (QED) is 0.436. The highest BCUT2D eigenvalue weighted by molar-refractivity contribution is 6.06. The Bertz CT molecular complexity index is 1250. The van der Waals surface area contributed by atoms with Crippen LogP contribution in [0.2, 0.25) is 0 Å². The summed E-state index contributed by atoms with van der Waals surface area (Å²) in [4.78, 5) is 29.0. The number of hydrogen-bond acceptors (Lipinski definition) is 6. The van der Waals surface area contributed by atoms with Gasteiger partial charge in [0.05, 0.1) is 12.7 Å². The lowest BCUT2D eigenvalue weighted by atomic mass is 9.98. The van der Waals surface area contributed by atoms with Crippen molar-refractivity contribution in [2.24, 2.45) is 0 Å². The summed E-state index contributed by atoms with van der Waals surface area (Å²) in [6, 6.07) is 9.62. The van der Waals surface area contributed by atoms with Crippen LogP contribution in [-0.2, 0) is 11.0 Å². The Kier molecular flexibility index (Phi) is 7.30. The molecule has 0 radical (unpaired) electrons. The SMILES string of the molecule is COc1cc(NC(=O)c2nc(C3CCNCC3)oc2-c2ccc(NC(C)=O)cc2)cc(C(F)(F)F)c1. The number of aromatic nitrogens is 1. The minimum Gasteiger partial charge on any atom is -0.497 e. The van der Waals surface area contributed by atoms with Crippen LogP contribution in [-0.4, -0.2) is 37.0 Å². The van der Waals surface area contributed by atoms with E-state index in [1.54, 1.807) is 24.3 Å². The number of halogens is 3. The van der Waals surface area contributed by atoms with Gasteiger partial charge in [0.2, 0.25) is 5.91 Å². The van der Waals surface area contributed by atoms with E-state index in [1.807, 2.05) is 0 Å². The first-order valence-electron chi connectivity index (χ1n) is 11.3. The summed E-state index contributed by atoms with van der Waals surface area (Å²) in [7, 11) is 1.24. The van der Waals surface area contributed by atoms with Gasteiger partial charge in [0.25, 0.3) is 5.91 Å². The van der Waals surface area contributed by atoms with Gasteiger partial charge in [-0.05, 0) is 62.3 Å². The van der Waals surface area contributed by atoms with Gasteiger partial charge in [-0.15, -0.1) is 0 Å². The van der Waals surface area contributed by atoms with Crippen LogP contribution < -0.4 is 20.7 Å². The molecule has 0 saturated carbocycles. The topological polar surface area (TPSA) is 105 Å². The molecular formula is C25H25F3N4O4. The summed E-state index contributed by atoms with van der Waals surface area (Å²) < 4.78 is 51.0. The van der Waals surface area contributed by atoms with E-state index in [4.69, 9.17) is 9.15 Å². The number of alkyl halides is 3. The van der Waals surface area contributed by atoms with Crippen LogP contribution in [0, 0.1) is 0 Å². The summed E-state index contributed by atoms with van der Waals surface area (Å²) >= 11 is 0. The van der Waals surface area contributed by atoms with E-state index in [0.717, 1.165) is 38.1 Å². The number of anilines is 2. The highest BCUT2D eigenvalue weighted by Gasteiger charge is 2.32. The fourth-order valence-electron chi connectivity index (χ4n) is 3.98. The van der Waals surface area contributed by atoms with Crippen molar-refractivity contribution in [1.82, 2.24) is 10.3 Å². The van der Waals surface area contributed by atoms with E-state index in [-0.39, 0.29) is 34.7 Å². The van der Waals surface area contributed by atoms with Gasteiger partial charge in [-0.3, -0.25) is 9.59 Å². The van der Waals surface area contributed by atoms with E-state index in [0.29, 0.717) is 17.1 Å².